The Morgan fingerprint density at radius 3 is 3.05 bits per heavy atom. The predicted octanol–water partition coefficient (Wildman–Crippen LogP) is 1.76. The van der Waals surface area contributed by atoms with Crippen LogP contribution in [0.1, 0.15) is 51.4 Å². The molecule has 3 N–H and O–H groups in total. The van der Waals surface area contributed by atoms with Crippen LogP contribution in [0.2, 0.25) is 0 Å². The highest BCUT2D eigenvalue weighted by Gasteiger charge is 2.27. The average Bonchev–Trinajstić information content (AvgIpc) is 2.98. The summed E-state index contributed by atoms with van der Waals surface area (Å²) >= 11 is 0. The monoisotopic (exact) mass is 264 g/mol. The van der Waals surface area contributed by atoms with Crippen LogP contribution in [-0.4, -0.2) is 28.5 Å². The van der Waals surface area contributed by atoms with Crippen molar-refractivity contribution in [3.63, 3.8) is 0 Å². The SMILES string of the molecule is CCC1CCNC(C(=O)NC(CC)c2ncc[nH]2)C1. The first-order chi connectivity index (χ1) is 9.24. The van der Waals surface area contributed by atoms with Gasteiger partial charge in [-0.15, -0.1) is 0 Å². The molecule has 106 valence electrons. The number of nitrogens with one attached hydrogen (secondary N) is 3. The van der Waals surface area contributed by atoms with Gasteiger partial charge in [-0.1, -0.05) is 20.3 Å². The first-order valence-corrected chi connectivity index (χ1v) is 7.27. The number of hydrogen-bond acceptors (Lipinski definition) is 3. The summed E-state index contributed by atoms with van der Waals surface area (Å²) in [6.45, 7) is 5.19. The molecule has 2 rings (SSSR count). The molecule has 0 aromatic carbocycles. The normalized spacial score (nSPS) is 24.9. The van der Waals surface area contributed by atoms with E-state index in [2.05, 4.69) is 34.4 Å². The molecule has 1 amide bonds. The van der Waals surface area contributed by atoms with E-state index in [1.807, 2.05) is 0 Å². The number of aromatic amines is 1. The maximum atomic E-state index is 12.3. The highest BCUT2D eigenvalue weighted by Crippen LogP contribution is 2.20. The van der Waals surface area contributed by atoms with Crippen molar-refractivity contribution in [2.24, 2.45) is 5.92 Å². The smallest absolute Gasteiger partial charge is 0.237 e. The van der Waals surface area contributed by atoms with E-state index in [9.17, 15) is 4.79 Å². The van der Waals surface area contributed by atoms with Gasteiger partial charge in [0.15, 0.2) is 0 Å². The van der Waals surface area contributed by atoms with Crippen LogP contribution in [0.5, 0.6) is 0 Å². The Bertz CT molecular complexity index is 390. The van der Waals surface area contributed by atoms with Gasteiger partial charge in [0.1, 0.15) is 5.82 Å². The van der Waals surface area contributed by atoms with Gasteiger partial charge in [0.2, 0.25) is 5.91 Å². The van der Waals surface area contributed by atoms with Gasteiger partial charge in [0.05, 0.1) is 12.1 Å². The van der Waals surface area contributed by atoms with Crippen LogP contribution < -0.4 is 10.6 Å². The zero-order valence-corrected chi connectivity index (χ0v) is 11.8. The third-order valence-electron chi connectivity index (χ3n) is 3.98. The standard InChI is InChI=1S/C14H24N4O/c1-3-10-5-6-15-12(9-10)14(19)18-11(4-2)13-16-7-8-17-13/h7-8,10-12,15H,3-6,9H2,1-2H3,(H,16,17)(H,18,19). The highest BCUT2D eigenvalue weighted by molar-refractivity contribution is 5.82. The molecule has 0 aliphatic carbocycles. The minimum atomic E-state index is -0.0530. The van der Waals surface area contributed by atoms with Crippen LogP contribution >= 0.6 is 0 Å². The summed E-state index contributed by atoms with van der Waals surface area (Å²) in [5.41, 5.74) is 0. The fraction of sp³-hybridized carbons (Fsp3) is 0.714. The number of H-pyrrole nitrogens is 1. The number of aromatic nitrogens is 2. The van der Waals surface area contributed by atoms with Gasteiger partial charge in [-0.2, -0.15) is 0 Å². The summed E-state index contributed by atoms with van der Waals surface area (Å²) in [5.74, 6) is 1.60. The molecule has 1 aromatic heterocycles. The summed E-state index contributed by atoms with van der Waals surface area (Å²) in [4.78, 5) is 19.6. The van der Waals surface area contributed by atoms with Gasteiger partial charge >= 0.3 is 0 Å². The first kappa shape index (κ1) is 14.1. The minimum absolute atomic E-state index is 0.0219. The first-order valence-electron chi connectivity index (χ1n) is 7.27. The topological polar surface area (TPSA) is 69.8 Å². The van der Waals surface area contributed by atoms with Crippen LogP contribution in [0.15, 0.2) is 12.4 Å². The zero-order chi connectivity index (χ0) is 13.7. The van der Waals surface area contributed by atoms with Crippen LogP contribution in [0.4, 0.5) is 0 Å². The lowest BCUT2D eigenvalue weighted by atomic mass is 9.90. The second-order valence-electron chi connectivity index (χ2n) is 5.25. The number of nitrogens with zero attached hydrogens (tertiary/aromatic N) is 1. The molecule has 5 heteroatoms. The molecule has 3 unspecified atom stereocenters. The third-order valence-corrected chi connectivity index (χ3v) is 3.98. The summed E-state index contributed by atoms with van der Waals surface area (Å²) in [7, 11) is 0. The number of carbonyl (C=O) groups is 1. The van der Waals surface area contributed by atoms with Crippen molar-refractivity contribution in [3.8, 4) is 0 Å². The van der Waals surface area contributed by atoms with Crippen molar-refractivity contribution < 1.29 is 4.79 Å². The maximum Gasteiger partial charge on any atom is 0.237 e. The van der Waals surface area contributed by atoms with Crippen molar-refractivity contribution >= 4 is 5.91 Å². The Labute approximate surface area is 114 Å². The molecule has 0 bridgehead atoms. The summed E-state index contributed by atoms with van der Waals surface area (Å²) in [5, 5.41) is 6.40. The molecule has 1 fully saturated rings. The van der Waals surface area contributed by atoms with Crippen molar-refractivity contribution in [3.05, 3.63) is 18.2 Å². The maximum absolute atomic E-state index is 12.3. The van der Waals surface area contributed by atoms with Crippen molar-refractivity contribution in [1.29, 1.82) is 0 Å². The molecule has 1 aliphatic heterocycles. The third kappa shape index (κ3) is 3.56. The lowest BCUT2D eigenvalue weighted by Crippen LogP contribution is -2.49. The molecule has 2 heterocycles. The molecule has 0 saturated carbocycles. The summed E-state index contributed by atoms with van der Waals surface area (Å²) in [6.07, 6.45) is 7.61. The van der Waals surface area contributed by atoms with Gasteiger partial charge in [-0.25, -0.2) is 4.98 Å². The van der Waals surface area contributed by atoms with Gasteiger partial charge in [0.25, 0.3) is 0 Å². The van der Waals surface area contributed by atoms with Crippen molar-refractivity contribution in [2.75, 3.05) is 6.54 Å². The fourth-order valence-corrected chi connectivity index (χ4v) is 2.67. The number of hydrogen-bond donors (Lipinski definition) is 3. The highest BCUT2D eigenvalue weighted by atomic mass is 16.2. The number of amides is 1. The van der Waals surface area contributed by atoms with E-state index in [1.165, 1.54) is 6.42 Å². The molecule has 5 nitrogen and oxygen atoms in total. The average molecular weight is 264 g/mol. The quantitative estimate of drug-likeness (QED) is 0.759. The Hall–Kier alpha value is -1.36. The predicted molar refractivity (Wildman–Crippen MR) is 74.6 cm³/mol. The summed E-state index contributed by atoms with van der Waals surface area (Å²) < 4.78 is 0. The van der Waals surface area contributed by atoms with Crippen molar-refractivity contribution in [1.82, 2.24) is 20.6 Å². The Morgan fingerprint density at radius 1 is 1.58 bits per heavy atom. The Morgan fingerprint density at radius 2 is 2.42 bits per heavy atom. The van der Waals surface area contributed by atoms with Crippen LogP contribution in [0.25, 0.3) is 0 Å². The molecule has 1 aliphatic rings. The largest absolute Gasteiger partial charge is 0.347 e. The fourth-order valence-electron chi connectivity index (χ4n) is 2.67. The lowest BCUT2D eigenvalue weighted by molar-refractivity contribution is -0.125. The molecular weight excluding hydrogens is 240 g/mol. The van der Waals surface area contributed by atoms with Gasteiger partial charge in [-0.05, 0) is 31.7 Å². The van der Waals surface area contributed by atoms with E-state index < -0.39 is 0 Å². The number of piperidine rings is 1. The lowest BCUT2D eigenvalue weighted by Gasteiger charge is -2.30. The minimum Gasteiger partial charge on any atom is -0.347 e. The molecule has 19 heavy (non-hydrogen) atoms. The van der Waals surface area contributed by atoms with Crippen LogP contribution in [0, 0.1) is 5.92 Å². The van der Waals surface area contributed by atoms with Gasteiger partial charge < -0.3 is 15.6 Å². The second-order valence-corrected chi connectivity index (χ2v) is 5.25. The zero-order valence-electron chi connectivity index (χ0n) is 11.8. The van der Waals surface area contributed by atoms with Gasteiger partial charge in [-0.3, -0.25) is 4.79 Å². The molecule has 0 radical (unpaired) electrons. The molecule has 3 atom stereocenters. The Balaban J connectivity index is 1.92. The van der Waals surface area contributed by atoms with E-state index in [0.717, 1.165) is 31.6 Å². The van der Waals surface area contributed by atoms with E-state index >= 15 is 0 Å². The number of carbonyl (C=O) groups excluding carboxylic acids is 1. The van der Waals surface area contributed by atoms with Crippen LogP contribution in [-0.2, 0) is 4.79 Å². The van der Waals surface area contributed by atoms with Crippen molar-refractivity contribution in [2.45, 2.75) is 51.6 Å². The Kier molecular flexibility index (Phi) is 4.96. The molecule has 1 saturated heterocycles. The number of rotatable bonds is 5. The number of imidazole rings is 1. The second kappa shape index (κ2) is 6.70. The van der Waals surface area contributed by atoms with E-state index in [-0.39, 0.29) is 18.0 Å². The summed E-state index contributed by atoms with van der Waals surface area (Å²) in [6, 6.07) is -0.0750. The molecular formula is C14H24N4O. The van der Waals surface area contributed by atoms with E-state index in [0.29, 0.717) is 5.92 Å². The van der Waals surface area contributed by atoms with E-state index in [1.54, 1.807) is 12.4 Å². The molecule has 0 spiro atoms. The molecule has 1 aromatic rings. The van der Waals surface area contributed by atoms with Gasteiger partial charge in [0, 0.05) is 12.4 Å². The van der Waals surface area contributed by atoms with E-state index in [4.69, 9.17) is 0 Å². The van der Waals surface area contributed by atoms with Crippen LogP contribution in [0.3, 0.4) is 0 Å².